The third kappa shape index (κ3) is 4.76. The zero-order chi connectivity index (χ0) is 24.6. The molecule has 4 aromatic rings. The Morgan fingerprint density at radius 2 is 1.97 bits per heavy atom. The Labute approximate surface area is 208 Å². The van der Waals surface area contributed by atoms with Crippen LogP contribution in [0.25, 0.3) is 5.65 Å². The third-order valence-corrected chi connectivity index (χ3v) is 8.63. The van der Waals surface area contributed by atoms with Crippen molar-refractivity contribution >= 4 is 46.4 Å². The molecule has 0 spiro atoms. The molecule has 1 N–H and O–H groups in total. The molecule has 1 aliphatic rings. The van der Waals surface area contributed by atoms with E-state index >= 15 is 0 Å². The number of sulfonamides is 1. The predicted molar refractivity (Wildman–Crippen MR) is 135 cm³/mol. The van der Waals surface area contributed by atoms with Gasteiger partial charge in [0.05, 0.1) is 5.02 Å². The van der Waals surface area contributed by atoms with Gasteiger partial charge in [0, 0.05) is 55.9 Å². The van der Waals surface area contributed by atoms with Crippen LogP contribution >= 0.6 is 11.6 Å². The molecule has 1 fully saturated rings. The summed E-state index contributed by atoms with van der Waals surface area (Å²) in [6.45, 7) is 1.17. The van der Waals surface area contributed by atoms with Crippen molar-refractivity contribution in [3.05, 3.63) is 77.1 Å². The second-order valence-electron chi connectivity index (χ2n) is 8.60. The smallest absolute Gasteiger partial charge is 0.244 e. The number of aromatic nitrogens is 4. The molecule has 0 unspecified atom stereocenters. The Kier molecular flexibility index (Phi) is 6.48. The largest absolute Gasteiger partial charge is 0.366 e. The number of benzene rings is 1. The van der Waals surface area contributed by atoms with Crippen LogP contribution in [0.3, 0.4) is 0 Å². The summed E-state index contributed by atoms with van der Waals surface area (Å²) >= 11 is 6.07. The second-order valence-corrected chi connectivity index (χ2v) is 10.9. The van der Waals surface area contributed by atoms with Gasteiger partial charge in [-0.3, -0.25) is 4.98 Å². The van der Waals surface area contributed by atoms with Crippen LogP contribution in [0.4, 0.5) is 10.2 Å². The number of halogens is 2. The number of hydrogen-bond acceptors (Lipinski definition) is 6. The van der Waals surface area contributed by atoms with Crippen LogP contribution in [-0.4, -0.2) is 53.2 Å². The number of rotatable bonds is 6. The van der Waals surface area contributed by atoms with Crippen molar-refractivity contribution < 1.29 is 12.8 Å². The monoisotopic (exact) mass is 512 g/mol. The van der Waals surface area contributed by atoms with Crippen molar-refractivity contribution in [2.24, 2.45) is 0 Å². The fourth-order valence-corrected chi connectivity index (χ4v) is 6.28. The highest BCUT2D eigenvalue weighted by Crippen LogP contribution is 2.33. The standard InChI is InChI=1S/C23H23BClFN6O2S/c24-18-14-29-32-22(28-13-15-2-1-7-27-12-15)11-20(30-23(18)32)16-5-8-31(9-6-16)35(33,34)21-10-17(26)3-4-19(21)25/h1-4,7,10-12,14,16,28H,5-6,8-9,13,24H2. The van der Waals surface area contributed by atoms with Crippen LogP contribution in [0.1, 0.15) is 30.0 Å². The van der Waals surface area contributed by atoms with E-state index in [4.69, 9.17) is 16.6 Å². The number of fused-ring (bicyclic) bond motifs is 1. The van der Waals surface area contributed by atoms with Crippen molar-refractivity contribution in [2.75, 3.05) is 18.4 Å². The van der Waals surface area contributed by atoms with Gasteiger partial charge in [-0.25, -0.2) is 17.8 Å². The minimum atomic E-state index is -3.89. The Balaban J connectivity index is 1.37. The van der Waals surface area contributed by atoms with Gasteiger partial charge in [0.2, 0.25) is 10.0 Å². The molecular formula is C23H23BClFN6O2S. The highest BCUT2D eigenvalue weighted by molar-refractivity contribution is 7.89. The molecule has 0 saturated carbocycles. The van der Waals surface area contributed by atoms with Gasteiger partial charge in [-0.05, 0) is 48.1 Å². The summed E-state index contributed by atoms with van der Waals surface area (Å²) in [4.78, 5) is 8.81. The molecule has 0 aliphatic carbocycles. The van der Waals surface area contributed by atoms with Crippen LogP contribution in [0.15, 0.2) is 59.9 Å². The van der Waals surface area contributed by atoms with Crippen molar-refractivity contribution in [3.63, 3.8) is 0 Å². The highest BCUT2D eigenvalue weighted by atomic mass is 35.5. The van der Waals surface area contributed by atoms with Gasteiger partial charge in [-0.15, -0.1) is 0 Å². The lowest BCUT2D eigenvalue weighted by molar-refractivity contribution is 0.316. The number of pyridine rings is 1. The van der Waals surface area contributed by atoms with Crippen LogP contribution in [0.5, 0.6) is 0 Å². The Morgan fingerprint density at radius 3 is 2.71 bits per heavy atom. The molecule has 8 nitrogen and oxygen atoms in total. The summed E-state index contributed by atoms with van der Waals surface area (Å²) in [5.41, 5.74) is 3.64. The van der Waals surface area contributed by atoms with Gasteiger partial charge in [0.15, 0.2) is 5.65 Å². The van der Waals surface area contributed by atoms with Crippen LogP contribution in [0.2, 0.25) is 5.02 Å². The highest BCUT2D eigenvalue weighted by Gasteiger charge is 2.32. The maximum atomic E-state index is 13.7. The molecule has 4 heterocycles. The average Bonchev–Trinajstić information content (AvgIpc) is 3.25. The molecule has 0 atom stereocenters. The first-order valence-electron chi connectivity index (χ1n) is 11.3. The van der Waals surface area contributed by atoms with E-state index in [1.165, 1.54) is 10.4 Å². The molecule has 3 aromatic heterocycles. The maximum Gasteiger partial charge on any atom is 0.244 e. The number of nitrogens with one attached hydrogen (secondary N) is 1. The molecular weight excluding hydrogens is 490 g/mol. The van der Waals surface area contributed by atoms with Gasteiger partial charge in [0.1, 0.15) is 24.4 Å². The van der Waals surface area contributed by atoms with Gasteiger partial charge in [-0.1, -0.05) is 17.7 Å². The summed E-state index contributed by atoms with van der Waals surface area (Å²) in [6.07, 6.45) is 6.49. The number of anilines is 1. The molecule has 1 aromatic carbocycles. The summed E-state index contributed by atoms with van der Waals surface area (Å²) < 4.78 is 43.0. The summed E-state index contributed by atoms with van der Waals surface area (Å²) in [7, 11) is -1.93. The maximum absolute atomic E-state index is 13.7. The molecule has 0 radical (unpaired) electrons. The number of piperidine rings is 1. The minimum Gasteiger partial charge on any atom is -0.366 e. The number of nitrogens with zero attached hydrogens (tertiary/aromatic N) is 5. The van der Waals surface area contributed by atoms with Crippen LogP contribution in [0, 0.1) is 5.82 Å². The van der Waals surface area contributed by atoms with E-state index in [0.717, 1.165) is 40.3 Å². The zero-order valence-corrected chi connectivity index (χ0v) is 20.6. The topological polar surface area (TPSA) is 92.5 Å². The summed E-state index contributed by atoms with van der Waals surface area (Å²) in [6, 6.07) is 9.25. The number of hydrogen-bond donors (Lipinski definition) is 1. The van der Waals surface area contributed by atoms with E-state index in [9.17, 15) is 12.8 Å². The molecule has 12 heteroatoms. The van der Waals surface area contributed by atoms with E-state index in [1.807, 2.05) is 32.2 Å². The molecule has 1 saturated heterocycles. The fourth-order valence-electron chi connectivity index (χ4n) is 4.33. The summed E-state index contributed by atoms with van der Waals surface area (Å²) in [5, 5.41) is 7.90. The van der Waals surface area contributed by atoms with E-state index in [0.29, 0.717) is 32.5 Å². The van der Waals surface area contributed by atoms with Gasteiger partial charge in [-0.2, -0.15) is 13.9 Å². The van der Waals surface area contributed by atoms with Crippen molar-refractivity contribution in [2.45, 2.75) is 30.2 Å². The Hall–Kier alpha value is -3.02. The first kappa shape index (κ1) is 23.7. The van der Waals surface area contributed by atoms with E-state index in [1.54, 1.807) is 16.9 Å². The molecule has 0 bridgehead atoms. The third-order valence-electron chi connectivity index (χ3n) is 6.25. The fraction of sp³-hybridized carbons (Fsp3) is 0.261. The van der Waals surface area contributed by atoms with Crippen LogP contribution in [-0.2, 0) is 16.6 Å². The van der Waals surface area contributed by atoms with Crippen LogP contribution < -0.4 is 10.8 Å². The first-order chi connectivity index (χ1) is 16.8. The molecule has 35 heavy (non-hydrogen) atoms. The Bertz CT molecular complexity index is 1480. The SMILES string of the molecule is Bc1cnn2c(NCc3cccnc3)cc(C3CCN(S(=O)(=O)c4cc(F)ccc4Cl)CC3)nc12. The van der Waals surface area contributed by atoms with Gasteiger partial charge >= 0.3 is 0 Å². The minimum absolute atomic E-state index is 0.0150. The lowest BCUT2D eigenvalue weighted by atomic mass is 9.94. The normalized spacial score (nSPS) is 15.5. The molecule has 0 amide bonds. The van der Waals surface area contributed by atoms with Crippen molar-refractivity contribution in [3.8, 4) is 0 Å². The molecule has 180 valence electrons. The van der Waals surface area contributed by atoms with E-state index in [-0.39, 0.29) is 15.8 Å². The second kappa shape index (κ2) is 9.56. The lowest BCUT2D eigenvalue weighted by Crippen LogP contribution is -2.38. The van der Waals surface area contributed by atoms with Gasteiger partial charge < -0.3 is 5.32 Å². The molecule has 5 rings (SSSR count). The first-order valence-corrected chi connectivity index (χ1v) is 13.1. The van der Waals surface area contributed by atoms with Crippen molar-refractivity contribution in [1.29, 1.82) is 0 Å². The van der Waals surface area contributed by atoms with Crippen molar-refractivity contribution in [1.82, 2.24) is 23.9 Å². The lowest BCUT2D eigenvalue weighted by Gasteiger charge is -2.31. The van der Waals surface area contributed by atoms with Gasteiger partial charge in [0.25, 0.3) is 0 Å². The summed E-state index contributed by atoms with van der Waals surface area (Å²) in [5.74, 6) is 0.245. The zero-order valence-electron chi connectivity index (χ0n) is 19.0. The quantitative estimate of drug-likeness (QED) is 0.399. The van der Waals surface area contributed by atoms with E-state index in [2.05, 4.69) is 15.4 Å². The average molecular weight is 513 g/mol. The predicted octanol–water partition coefficient (Wildman–Crippen LogP) is 2.36. The van der Waals surface area contributed by atoms with E-state index < -0.39 is 15.8 Å². The molecule has 1 aliphatic heterocycles. The Morgan fingerprint density at radius 1 is 1.17 bits per heavy atom.